The van der Waals surface area contributed by atoms with Crippen molar-refractivity contribution in [2.75, 3.05) is 34.0 Å². The van der Waals surface area contributed by atoms with E-state index in [1.165, 1.54) is 5.56 Å². The van der Waals surface area contributed by atoms with Gasteiger partial charge in [0.15, 0.2) is 11.5 Å². The average molecular weight is 314 g/mol. The van der Waals surface area contributed by atoms with Gasteiger partial charge in [-0.2, -0.15) is 0 Å². The van der Waals surface area contributed by atoms with Gasteiger partial charge in [-0.3, -0.25) is 9.88 Å². The zero-order valence-electron chi connectivity index (χ0n) is 13.6. The summed E-state index contributed by atoms with van der Waals surface area (Å²) >= 11 is 0. The zero-order chi connectivity index (χ0) is 16.1. The predicted molar refractivity (Wildman–Crippen MR) is 87.8 cm³/mol. The van der Waals surface area contributed by atoms with E-state index in [1.807, 2.05) is 12.1 Å². The van der Waals surface area contributed by atoms with Crippen LogP contribution in [0.2, 0.25) is 0 Å². The Kier molecular flexibility index (Phi) is 5.10. The molecule has 122 valence electrons. The number of rotatable bonds is 5. The van der Waals surface area contributed by atoms with E-state index in [0.717, 1.165) is 18.8 Å². The van der Waals surface area contributed by atoms with Crippen LogP contribution >= 0.6 is 0 Å². The van der Waals surface area contributed by atoms with Crippen molar-refractivity contribution < 1.29 is 14.2 Å². The van der Waals surface area contributed by atoms with Crippen molar-refractivity contribution in [3.63, 3.8) is 0 Å². The van der Waals surface area contributed by atoms with Crippen molar-refractivity contribution in [3.05, 3.63) is 53.9 Å². The van der Waals surface area contributed by atoms with E-state index >= 15 is 0 Å². The first-order valence-electron chi connectivity index (χ1n) is 7.76. The summed E-state index contributed by atoms with van der Waals surface area (Å²) in [4.78, 5) is 6.87. The molecule has 1 aromatic heterocycles. The van der Waals surface area contributed by atoms with Gasteiger partial charge in [-0.25, -0.2) is 0 Å². The minimum atomic E-state index is 0.225. The summed E-state index contributed by atoms with van der Waals surface area (Å²) in [5.41, 5.74) is 2.14. The molecule has 2 heterocycles. The van der Waals surface area contributed by atoms with Crippen LogP contribution in [0.1, 0.15) is 17.3 Å². The lowest BCUT2D eigenvalue weighted by atomic mass is 10.0. The fourth-order valence-corrected chi connectivity index (χ4v) is 2.97. The molecular weight excluding hydrogens is 292 g/mol. The van der Waals surface area contributed by atoms with Crippen LogP contribution in [-0.2, 0) is 11.3 Å². The van der Waals surface area contributed by atoms with Crippen molar-refractivity contribution in [2.24, 2.45) is 0 Å². The molecule has 0 radical (unpaired) electrons. The normalized spacial score (nSPS) is 18.6. The second-order valence-electron chi connectivity index (χ2n) is 5.47. The molecule has 0 bridgehead atoms. The lowest BCUT2D eigenvalue weighted by Gasteiger charge is -2.35. The van der Waals surface area contributed by atoms with E-state index < -0.39 is 0 Å². The van der Waals surface area contributed by atoms with Crippen LogP contribution in [0.15, 0.2) is 42.6 Å². The van der Waals surface area contributed by atoms with Crippen LogP contribution in [0.5, 0.6) is 11.5 Å². The third-order valence-electron chi connectivity index (χ3n) is 4.14. The third kappa shape index (κ3) is 3.46. The molecule has 1 fully saturated rings. The highest BCUT2D eigenvalue weighted by atomic mass is 16.5. The van der Waals surface area contributed by atoms with Crippen molar-refractivity contribution in [1.29, 1.82) is 0 Å². The first kappa shape index (κ1) is 15.8. The van der Waals surface area contributed by atoms with E-state index in [9.17, 15) is 0 Å². The number of hydrogen-bond donors (Lipinski definition) is 0. The van der Waals surface area contributed by atoms with Crippen LogP contribution in [0.3, 0.4) is 0 Å². The summed E-state index contributed by atoms with van der Waals surface area (Å²) in [5.74, 6) is 1.41. The number of aromatic nitrogens is 1. The third-order valence-corrected chi connectivity index (χ3v) is 4.14. The Morgan fingerprint density at radius 1 is 1.17 bits per heavy atom. The molecule has 23 heavy (non-hydrogen) atoms. The zero-order valence-corrected chi connectivity index (χ0v) is 13.6. The smallest absolute Gasteiger partial charge is 0.183 e. The first-order valence-corrected chi connectivity index (χ1v) is 7.76. The molecule has 0 N–H and O–H groups in total. The molecule has 5 nitrogen and oxygen atoms in total. The number of hydrogen-bond acceptors (Lipinski definition) is 5. The quantitative estimate of drug-likeness (QED) is 0.849. The maximum absolute atomic E-state index is 5.69. The summed E-state index contributed by atoms with van der Waals surface area (Å²) in [5, 5.41) is 0. The number of pyridine rings is 1. The molecule has 1 saturated heterocycles. The molecule has 0 aliphatic carbocycles. The number of nitrogens with zero attached hydrogens (tertiary/aromatic N) is 2. The Hall–Kier alpha value is -2.11. The highest BCUT2D eigenvalue weighted by Gasteiger charge is 2.26. The number of ether oxygens (including phenoxy) is 3. The number of morpholine rings is 1. The highest BCUT2D eigenvalue weighted by Crippen LogP contribution is 2.32. The molecule has 5 heteroatoms. The molecule has 0 saturated carbocycles. The van der Waals surface area contributed by atoms with Gasteiger partial charge in [0, 0.05) is 25.4 Å². The Morgan fingerprint density at radius 2 is 2.00 bits per heavy atom. The summed E-state index contributed by atoms with van der Waals surface area (Å²) in [6.45, 7) is 2.98. The molecule has 1 unspecified atom stereocenters. The van der Waals surface area contributed by atoms with Crippen LogP contribution in [0.4, 0.5) is 0 Å². The molecular formula is C18H22N2O3. The lowest BCUT2D eigenvalue weighted by Crippen LogP contribution is -2.39. The number of methoxy groups -OCH3 is 2. The second kappa shape index (κ2) is 7.44. The minimum absolute atomic E-state index is 0.225. The molecule has 1 aliphatic heterocycles. The van der Waals surface area contributed by atoms with Crippen molar-refractivity contribution in [1.82, 2.24) is 9.88 Å². The monoisotopic (exact) mass is 314 g/mol. The van der Waals surface area contributed by atoms with E-state index in [1.54, 1.807) is 20.4 Å². The van der Waals surface area contributed by atoms with Gasteiger partial charge < -0.3 is 14.2 Å². The standard InChI is InChI=1S/C18H22N2O3/c1-21-17-8-9-19-15(18(17)22-2)12-20-10-11-23-13-16(20)14-6-4-3-5-7-14/h3-9,16H,10-13H2,1-2H3. The Labute approximate surface area is 136 Å². The van der Waals surface area contributed by atoms with Crippen molar-refractivity contribution >= 4 is 0 Å². The Morgan fingerprint density at radius 3 is 2.74 bits per heavy atom. The summed E-state index contributed by atoms with van der Waals surface area (Å²) in [7, 11) is 3.29. The molecule has 3 rings (SSSR count). The second-order valence-corrected chi connectivity index (χ2v) is 5.47. The maximum Gasteiger partial charge on any atom is 0.183 e. The summed E-state index contributed by atoms with van der Waals surface area (Å²) in [6, 6.07) is 12.5. The Bertz CT molecular complexity index is 633. The van der Waals surface area contributed by atoms with Crippen LogP contribution in [0.25, 0.3) is 0 Å². The van der Waals surface area contributed by atoms with Crippen LogP contribution < -0.4 is 9.47 Å². The largest absolute Gasteiger partial charge is 0.493 e. The van der Waals surface area contributed by atoms with Gasteiger partial charge in [0.1, 0.15) is 5.69 Å². The fraction of sp³-hybridized carbons (Fsp3) is 0.389. The fourth-order valence-electron chi connectivity index (χ4n) is 2.97. The highest BCUT2D eigenvalue weighted by molar-refractivity contribution is 5.42. The van der Waals surface area contributed by atoms with Gasteiger partial charge in [0.25, 0.3) is 0 Å². The topological polar surface area (TPSA) is 43.8 Å². The van der Waals surface area contributed by atoms with Gasteiger partial charge in [-0.15, -0.1) is 0 Å². The van der Waals surface area contributed by atoms with Crippen molar-refractivity contribution in [3.8, 4) is 11.5 Å². The van der Waals surface area contributed by atoms with E-state index in [0.29, 0.717) is 24.7 Å². The maximum atomic E-state index is 5.69. The predicted octanol–water partition coefficient (Wildman–Crippen LogP) is 2.67. The summed E-state index contributed by atoms with van der Waals surface area (Å²) in [6.07, 6.45) is 1.76. The first-order chi connectivity index (χ1) is 11.3. The summed E-state index contributed by atoms with van der Waals surface area (Å²) < 4.78 is 16.6. The van der Waals surface area contributed by atoms with Crippen LogP contribution in [0, 0.1) is 0 Å². The Balaban J connectivity index is 1.85. The lowest BCUT2D eigenvalue weighted by molar-refractivity contribution is -0.0135. The van der Waals surface area contributed by atoms with E-state index in [2.05, 4.69) is 34.1 Å². The average Bonchev–Trinajstić information content (AvgIpc) is 2.62. The van der Waals surface area contributed by atoms with Gasteiger partial charge in [-0.05, 0) is 5.56 Å². The molecule has 1 aliphatic rings. The van der Waals surface area contributed by atoms with E-state index in [4.69, 9.17) is 14.2 Å². The van der Waals surface area contributed by atoms with Crippen LogP contribution in [-0.4, -0.2) is 43.9 Å². The SMILES string of the molecule is COc1ccnc(CN2CCOCC2c2ccccc2)c1OC. The van der Waals surface area contributed by atoms with Gasteiger partial charge in [0.2, 0.25) is 0 Å². The molecule has 0 spiro atoms. The number of benzene rings is 1. The molecule has 2 aromatic rings. The molecule has 1 atom stereocenters. The van der Waals surface area contributed by atoms with Gasteiger partial charge in [0.05, 0.1) is 33.5 Å². The van der Waals surface area contributed by atoms with E-state index in [-0.39, 0.29) is 6.04 Å². The minimum Gasteiger partial charge on any atom is -0.493 e. The molecule has 0 amide bonds. The molecule has 1 aromatic carbocycles. The van der Waals surface area contributed by atoms with Gasteiger partial charge >= 0.3 is 0 Å². The van der Waals surface area contributed by atoms with Gasteiger partial charge in [-0.1, -0.05) is 30.3 Å². The van der Waals surface area contributed by atoms with Crippen molar-refractivity contribution in [2.45, 2.75) is 12.6 Å².